The van der Waals surface area contributed by atoms with Crippen molar-refractivity contribution in [3.8, 4) is 0 Å². The van der Waals surface area contributed by atoms with E-state index in [0.29, 0.717) is 6.54 Å². The first kappa shape index (κ1) is 8.44. The molecule has 4 nitrogen and oxygen atoms in total. The molecule has 1 unspecified atom stereocenters. The van der Waals surface area contributed by atoms with Crippen molar-refractivity contribution >= 4 is 5.69 Å². The third-order valence-corrected chi connectivity index (χ3v) is 2.33. The van der Waals surface area contributed by atoms with Gasteiger partial charge in [-0.05, 0) is 18.9 Å². The van der Waals surface area contributed by atoms with Gasteiger partial charge < -0.3 is 10.0 Å². The Morgan fingerprint density at radius 3 is 3.08 bits per heavy atom. The average molecular weight is 179 g/mol. The number of aliphatic hydroxyl groups is 1. The lowest BCUT2D eigenvalue weighted by Gasteiger charge is -2.31. The van der Waals surface area contributed by atoms with E-state index in [9.17, 15) is 5.11 Å². The number of hydrogen-bond acceptors (Lipinski definition) is 4. The second-order valence-electron chi connectivity index (χ2n) is 3.34. The molecule has 0 bridgehead atoms. The van der Waals surface area contributed by atoms with Crippen molar-refractivity contribution in [1.29, 1.82) is 0 Å². The van der Waals surface area contributed by atoms with Gasteiger partial charge in [-0.1, -0.05) is 0 Å². The van der Waals surface area contributed by atoms with Crippen molar-refractivity contribution in [3.63, 3.8) is 0 Å². The first-order valence-electron chi connectivity index (χ1n) is 4.56. The van der Waals surface area contributed by atoms with Crippen molar-refractivity contribution in [1.82, 2.24) is 10.2 Å². The lowest BCUT2D eigenvalue weighted by molar-refractivity contribution is 0.154. The quantitative estimate of drug-likeness (QED) is 0.679. The van der Waals surface area contributed by atoms with Crippen LogP contribution in [0.15, 0.2) is 18.5 Å². The number of nitrogens with zero attached hydrogens (tertiary/aromatic N) is 3. The van der Waals surface area contributed by atoms with Crippen LogP contribution in [-0.4, -0.2) is 34.5 Å². The van der Waals surface area contributed by atoms with Gasteiger partial charge in [-0.25, -0.2) is 0 Å². The van der Waals surface area contributed by atoms with Gasteiger partial charge in [0, 0.05) is 13.1 Å². The third kappa shape index (κ3) is 1.95. The molecule has 70 valence electrons. The minimum absolute atomic E-state index is 0.193. The van der Waals surface area contributed by atoms with Gasteiger partial charge in [-0.15, -0.1) is 0 Å². The van der Waals surface area contributed by atoms with Gasteiger partial charge in [0.2, 0.25) is 0 Å². The Bertz CT molecular complexity index is 265. The lowest BCUT2D eigenvalue weighted by atomic mass is 10.1. The van der Waals surface area contributed by atoms with Gasteiger partial charge >= 0.3 is 0 Å². The summed E-state index contributed by atoms with van der Waals surface area (Å²) in [4.78, 5) is 2.14. The molecule has 0 spiro atoms. The fraction of sp³-hybridized carbons (Fsp3) is 0.556. The number of aliphatic hydroxyl groups excluding tert-OH is 1. The van der Waals surface area contributed by atoms with Crippen LogP contribution in [0.5, 0.6) is 0 Å². The smallest absolute Gasteiger partial charge is 0.0729 e. The number of hydrogen-bond donors (Lipinski definition) is 1. The molecule has 0 aromatic carbocycles. The van der Waals surface area contributed by atoms with E-state index in [0.717, 1.165) is 25.1 Å². The standard InChI is InChI=1S/C9H13N3O/c13-9-2-1-5-12(7-9)8-3-4-10-11-6-8/h3-4,6,9,13H,1-2,5,7H2. The average Bonchev–Trinajstić information content (AvgIpc) is 2.19. The topological polar surface area (TPSA) is 49.2 Å². The molecule has 0 radical (unpaired) electrons. The largest absolute Gasteiger partial charge is 0.391 e. The monoisotopic (exact) mass is 179 g/mol. The Balaban J connectivity index is 2.08. The molecule has 2 rings (SSSR count). The Kier molecular flexibility index (Phi) is 2.40. The summed E-state index contributed by atoms with van der Waals surface area (Å²) in [5.41, 5.74) is 1.05. The maximum Gasteiger partial charge on any atom is 0.0729 e. The highest BCUT2D eigenvalue weighted by Gasteiger charge is 2.17. The minimum Gasteiger partial charge on any atom is -0.391 e. The summed E-state index contributed by atoms with van der Waals surface area (Å²) in [6.45, 7) is 1.72. The van der Waals surface area contributed by atoms with Crippen LogP contribution in [0.2, 0.25) is 0 Å². The molecule has 1 aliphatic rings. The molecule has 2 heterocycles. The van der Waals surface area contributed by atoms with Crippen LogP contribution in [0.25, 0.3) is 0 Å². The van der Waals surface area contributed by atoms with Crippen LogP contribution in [0, 0.1) is 0 Å². The Morgan fingerprint density at radius 1 is 1.46 bits per heavy atom. The highest BCUT2D eigenvalue weighted by atomic mass is 16.3. The van der Waals surface area contributed by atoms with Gasteiger partial charge in [0.1, 0.15) is 0 Å². The van der Waals surface area contributed by atoms with E-state index in [1.165, 1.54) is 0 Å². The van der Waals surface area contributed by atoms with Crippen molar-refractivity contribution in [2.24, 2.45) is 0 Å². The molecule has 1 saturated heterocycles. The zero-order chi connectivity index (χ0) is 9.10. The Hall–Kier alpha value is -1.16. The van der Waals surface area contributed by atoms with E-state index in [1.807, 2.05) is 6.07 Å². The number of rotatable bonds is 1. The number of piperidine rings is 1. The number of β-amino-alcohol motifs (C(OH)–C–C–N with tert-alkyl or cyclic N) is 1. The van der Waals surface area contributed by atoms with Crippen molar-refractivity contribution in [2.75, 3.05) is 18.0 Å². The second kappa shape index (κ2) is 3.70. The summed E-state index contributed by atoms with van der Waals surface area (Å²) in [5.74, 6) is 0. The second-order valence-corrected chi connectivity index (χ2v) is 3.34. The molecule has 0 amide bonds. The normalized spacial score (nSPS) is 23.2. The van der Waals surface area contributed by atoms with Crippen LogP contribution in [-0.2, 0) is 0 Å². The van der Waals surface area contributed by atoms with E-state index in [4.69, 9.17) is 0 Å². The van der Waals surface area contributed by atoms with Crippen LogP contribution in [0.3, 0.4) is 0 Å². The Morgan fingerprint density at radius 2 is 2.38 bits per heavy atom. The summed E-state index contributed by atoms with van der Waals surface area (Å²) < 4.78 is 0. The van der Waals surface area contributed by atoms with Crippen LogP contribution in [0.4, 0.5) is 5.69 Å². The van der Waals surface area contributed by atoms with E-state index < -0.39 is 0 Å². The number of aromatic nitrogens is 2. The fourth-order valence-electron chi connectivity index (χ4n) is 1.66. The molecule has 1 atom stereocenters. The molecule has 1 aliphatic heterocycles. The first-order chi connectivity index (χ1) is 6.36. The van der Waals surface area contributed by atoms with E-state index in [1.54, 1.807) is 12.4 Å². The molecule has 4 heteroatoms. The van der Waals surface area contributed by atoms with Crippen molar-refractivity contribution < 1.29 is 5.11 Å². The summed E-state index contributed by atoms with van der Waals surface area (Å²) in [7, 11) is 0. The summed E-state index contributed by atoms with van der Waals surface area (Å²) in [5, 5.41) is 17.0. The highest BCUT2D eigenvalue weighted by molar-refractivity contribution is 5.43. The predicted molar refractivity (Wildman–Crippen MR) is 49.5 cm³/mol. The molecule has 0 saturated carbocycles. The molecular weight excluding hydrogens is 166 g/mol. The molecular formula is C9H13N3O. The molecule has 1 aromatic rings. The zero-order valence-corrected chi connectivity index (χ0v) is 7.43. The molecule has 0 aliphatic carbocycles. The summed E-state index contributed by atoms with van der Waals surface area (Å²) in [6, 6.07) is 1.92. The predicted octanol–water partition coefficient (Wildman–Crippen LogP) is 0.438. The molecule has 1 fully saturated rings. The SMILES string of the molecule is OC1CCCN(c2ccnnc2)C1. The maximum absolute atomic E-state index is 9.46. The van der Waals surface area contributed by atoms with E-state index in [-0.39, 0.29) is 6.10 Å². The highest BCUT2D eigenvalue weighted by Crippen LogP contribution is 2.17. The van der Waals surface area contributed by atoms with E-state index in [2.05, 4.69) is 15.1 Å². The van der Waals surface area contributed by atoms with Gasteiger partial charge in [-0.2, -0.15) is 10.2 Å². The summed E-state index contributed by atoms with van der Waals surface area (Å²) in [6.07, 6.45) is 5.18. The van der Waals surface area contributed by atoms with E-state index >= 15 is 0 Å². The minimum atomic E-state index is -0.193. The van der Waals surface area contributed by atoms with Gasteiger partial charge in [0.05, 0.1) is 24.2 Å². The van der Waals surface area contributed by atoms with Crippen molar-refractivity contribution in [3.05, 3.63) is 18.5 Å². The van der Waals surface area contributed by atoms with Gasteiger partial charge in [-0.3, -0.25) is 0 Å². The molecule has 1 aromatic heterocycles. The molecule has 1 N–H and O–H groups in total. The summed E-state index contributed by atoms with van der Waals surface area (Å²) >= 11 is 0. The van der Waals surface area contributed by atoms with Crippen molar-refractivity contribution in [2.45, 2.75) is 18.9 Å². The lowest BCUT2D eigenvalue weighted by Crippen LogP contribution is -2.38. The van der Waals surface area contributed by atoms with Gasteiger partial charge in [0.15, 0.2) is 0 Å². The first-order valence-corrected chi connectivity index (χ1v) is 4.56. The van der Waals surface area contributed by atoms with Crippen LogP contribution in [0.1, 0.15) is 12.8 Å². The third-order valence-electron chi connectivity index (χ3n) is 2.33. The molecule has 13 heavy (non-hydrogen) atoms. The van der Waals surface area contributed by atoms with Crippen LogP contribution < -0.4 is 4.90 Å². The maximum atomic E-state index is 9.46. The van der Waals surface area contributed by atoms with Gasteiger partial charge in [0.25, 0.3) is 0 Å². The fourth-order valence-corrected chi connectivity index (χ4v) is 1.66. The zero-order valence-electron chi connectivity index (χ0n) is 7.43. The van der Waals surface area contributed by atoms with Crippen LogP contribution >= 0.6 is 0 Å². The Labute approximate surface area is 77.2 Å². The number of anilines is 1.